The fraction of sp³-hybridized carbons (Fsp3) is 0.0588. The molecule has 0 amide bonds. The molecular weight excluding hydrogens is 294 g/mol. The van der Waals surface area contributed by atoms with Crippen LogP contribution in [0.1, 0.15) is 10.4 Å². The van der Waals surface area contributed by atoms with Gasteiger partial charge >= 0.3 is 5.97 Å². The van der Waals surface area contributed by atoms with Crippen molar-refractivity contribution < 1.29 is 14.7 Å². The zero-order valence-corrected chi connectivity index (χ0v) is 12.4. The topological polar surface area (TPSA) is 75.2 Å². The molecule has 0 aliphatic rings. The number of rotatable bonds is 4. The van der Waals surface area contributed by atoms with E-state index in [4.69, 9.17) is 5.11 Å². The fourth-order valence-corrected chi connectivity index (χ4v) is 2.23. The van der Waals surface area contributed by atoms with Crippen molar-refractivity contribution in [2.75, 3.05) is 7.05 Å². The van der Waals surface area contributed by atoms with Gasteiger partial charge in [0.05, 0.1) is 17.4 Å². The van der Waals surface area contributed by atoms with Gasteiger partial charge < -0.3 is 5.11 Å². The lowest BCUT2D eigenvalue weighted by Gasteiger charge is -2.01. The van der Waals surface area contributed by atoms with Crippen LogP contribution in [-0.4, -0.2) is 32.7 Å². The zero-order valence-electron chi connectivity index (χ0n) is 12.4. The standard InChI is InChI=1S/C17H13N3O3/c1-19(23)15-6-2-12(3-7-15)14-10-18-20(11-14)16-8-4-13(5-9-16)17(21)22/h2-11H,1H3/p+1. The van der Waals surface area contributed by atoms with Gasteiger partial charge in [-0.1, -0.05) is 0 Å². The average molecular weight is 308 g/mol. The van der Waals surface area contributed by atoms with Crippen LogP contribution >= 0.6 is 0 Å². The number of benzene rings is 2. The van der Waals surface area contributed by atoms with E-state index in [1.807, 2.05) is 18.3 Å². The van der Waals surface area contributed by atoms with Crippen LogP contribution in [0.2, 0.25) is 0 Å². The van der Waals surface area contributed by atoms with Gasteiger partial charge in [0.15, 0.2) is 7.05 Å². The molecule has 0 radical (unpaired) electrons. The highest BCUT2D eigenvalue weighted by Gasteiger charge is 2.09. The van der Waals surface area contributed by atoms with Crippen molar-refractivity contribution in [3.63, 3.8) is 0 Å². The van der Waals surface area contributed by atoms with Crippen molar-refractivity contribution in [3.05, 3.63) is 71.4 Å². The van der Waals surface area contributed by atoms with Crippen LogP contribution in [0.15, 0.2) is 60.9 Å². The lowest BCUT2D eigenvalue weighted by atomic mass is 10.1. The Hall–Kier alpha value is -3.28. The van der Waals surface area contributed by atoms with Gasteiger partial charge in [-0.05, 0) is 42.0 Å². The van der Waals surface area contributed by atoms with Crippen LogP contribution in [-0.2, 0) is 0 Å². The van der Waals surface area contributed by atoms with Gasteiger partial charge in [0, 0.05) is 33.6 Å². The molecule has 2 aromatic carbocycles. The molecule has 6 nitrogen and oxygen atoms in total. The first-order valence-electron chi connectivity index (χ1n) is 6.94. The summed E-state index contributed by atoms with van der Waals surface area (Å²) in [7, 11) is 1.45. The maximum atomic E-state index is 11.2. The highest BCUT2D eigenvalue weighted by molar-refractivity contribution is 5.87. The number of hydrogen-bond donors (Lipinski definition) is 1. The first-order chi connectivity index (χ1) is 11.0. The molecule has 0 fully saturated rings. The molecule has 6 heteroatoms. The van der Waals surface area contributed by atoms with Gasteiger partial charge in [-0.15, -0.1) is 0 Å². The summed E-state index contributed by atoms with van der Waals surface area (Å²) in [4.78, 5) is 22.1. The Bertz CT molecular complexity index is 793. The van der Waals surface area contributed by atoms with E-state index in [0.29, 0.717) is 5.69 Å². The largest absolute Gasteiger partial charge is 0.478 e. The Kier molecular flexibility index (Phi) is 3.72. The number of nitroso groups, excluding NO2 is 1. The van der Waals surface area contributed by atoms with E-state index in [1.54, 1.807) is 35.1 Å². The normalized spacial score (nSPS) is 10.5. The lowest BCUT2D eigenvalue weighted by Crippen LogP contribution is -1.98. The molecule has 3 aromatic rings. The first-order valence-corrected chi connectivity index (χ1v) is 6.94. The molecule has 1 N–H and O–H groups in total. The molecule has 0 saturated carbocycles. The Labute approximate surface area is 132 Å². The van der Waals surface area contributed by atoms with Gasteiger partial charge in [0.1, 0.15) is 0 Å². The monoisotopic (exact) mass is 308 g/mol. The Morgan fingerprint density at radius 3 is 2.26 bits per heavy atom. The van der Waals surface area contributed by atoms with Crippen molar-refractivity contribution >= 4 is 11.7 Å². The number of carboxylic acids is 1. The highest BCUT2D eigenvalue weighted by atomic mass is 16.4. The third-order valence-electron chi connectivity index (χ3n) is 3.53. The van der Waals surface area contributed by atoms with E-state index >= 15 is 0 Å². The third-order valence-corrected chi connectivity index (χ3v) is 3.53. The van der Waals surface area contributed by atoms with E-state index in [1.165, 1.54) is 19.2 Å². The highest BCUT2D eigenvalue weighted by Crippen LogP contribution is 2.22. The van der Waals surface area contributed by atoms with Crippen LogP contribution in [0.4, 0.5) is 5.69 Å². The van der Waals surface area contributed by atoms with Crippen molar-refractivity contribution in [1.82, 2.24) is 9.78 Å². The van der Waals surface area contributed by atoms with Crippen LogP contribution in [0.3, 0.4) is 0 Å². The van der Waals surface area contributed by atoms with Crippen molar-refractivity contribution in [1.29, 1.82) is 0 Å². The predicted octanol–water partition coefficient (Wildman–Crippen LogP) is 3.28. The minimum atomic E-state index is -0.957. The second-order valence-electron chi connectivity index (χ2n) is 5.07. The summed E-state index contributed by atoms with van der Waals surface area (Å²) in [6.45, 7) is 0. The second-order valence-corrected chi connectivity index (χ2v) is 5.07. The van der Waals surface area contributed by atoms with Crippen LogP contribution in [0, 0.1) is 4.91 Å². The number of nitrogens with zero attached hydrogens (tertiary/aromatic N) is 3. The van der Waals surface area contributed by atoms with E-state index in [2.05, 4.69) is 5.10 Å². The summed E-state index contributed by atoms with van der Waals surface area (Å²) in [5.41, 5.74) is 3.46. The number of hydrogen-bond acceptors (Lipinski definition) is 3. The van der Waals surface area contributed by atoms with Crippen LogP contribution in [0.25, 0.3) is 16.8 Å². The molecule has 23 heavy (non-hydrogen) atoms. The van der Waals surface area contributed by atoms with E-state index < -0.39 is 5.97 Å². The first kappa shape index (κ1) is 14.6. The van der Waals surface area contributed by atoms with Gasteiger partial charge in [-0.2, -0.15) is 5.10 Å². The minimum Gasteiger partial charge on any atom is -0.478 e. The predicted molar refractivity (Wildman–Crippen MR) is 85.2 cm³/mol. The SMILES string of the molecule is C[N+](=O)c1ccc(-c2cnn(-c3ccc(C(=O)O)cc3)c2)cc1. The molecule has 1 aromatic heterocycles. The average Bonchev–Trinajstić information content (AvgIpc) is 3.05. The molecule has 0 bridgehead atoms. The van der Waals surface area contributed by atoms with Crippen LogP contribution < -0.4 is 0 Å². The number of carboxylic acid groups (broad SMARTS) is 1. The van der Waals surface area contributed by atoms with E-state index in [9.17, 15) is 9.70 Å². The Balaban J connectivity index is 1.87. The molecule has 0 spiro atoms. The molecule has 0 aliphatic carbocycles. The third kappa shape index (κ3) is 3.01. The van der Waals surface area contributed by atoms with Gasteiger partial charge in [0.25, 0.3) is 5.69 Å². The molecule has 0 atom stereocenters. The van der Waals surface area contributed by atoms with Crippen molar-refractivity contribution in [2.45, 2.75) is 0 Å². The molecule has 114 valence electrons. The number of carbonyl (C=O) groups is 1. The maximum absolute atomic E-state index is 11.2. The lowest BCUT2D eigenvalue weighted by molar-refractivity contribution is -0.428. The minimum absolute atomic E-state index is 0.235. The quantitative estimate of drug-likeness (QED) is 0.750. The molecule has 0 saturated heterocycles. The molecule has 0 aliphatic heterocycles. The molecule has 3 rings (SSSR count). The van der Waals surface area contributed by atoms with Crippen LogP contribution in [0.5, 0.6) is 0 Å². The second kappa shape index (κ2) is 5.84. The van der Waals surface area contributed by atoms with Gasteiger partial charge in [-0.25, -0.2) is 9.48 Å². The number of aromatic nitrogens is 2. The van der Waals surface area contributed by atoms with Gasteiger partial charge in [0.2, 0.25) is 0 Å². The molecular formula is C17H14N3O3+. The summed E-state index contributed by atoms with van der Waals surface area (Å²) in [5.74, 6) is -0.957. The van der Waals surface area contributed by atoms with E-state index in [-0.39, 0.29) is 5.56 Å². The molecule has 1 heterocycles. The summed E-state index contributed by atoms with van der Waals surface area (Å²) in [6.07, 6.45) is 3.58. The summed E-state index contributed by atoms with van der Waals surface area (Å²) in [5, 5.41) is 13.2. The molecule has 0 unspecified atom stereocenters. The zero-order chi connectivity index (χ0) is 16.4. The smallest absolute Gasteiger partial charge is 0.335 e. The summed E-state index contributed by atoms with van der Waals surface area (Å²) in [6, 6.07) is 13.7. The maximum Gasteiger partial charge on any atom is 0.335 e. The summed E-state index contributed by atoms with van der Waals surface area (Å²) < 4.78 is 2.48. The van der Waals surface area contributed by atoms with Crippen molar-refractivity contribution in [3.8, 4) is 16.8 Å². The summed E-state index contributed by atoms with van der Waals surface area (Å²) >= 11 is 0. The van der Waals surface area contributed by atoms with Gasteiger partial charge in [-0.3, -0.25) is 0 Å². The van der Waals surface area contributed by atoms with E-state index in [0.717, 1.165) is 21.6 Å². The number of aromatic carboxylic acids is 1. The fourth-order valence-electron chi connectivity index (χ4n) is 2.23. The Morgan fingerprint density at radius 1 is 1.04 bits per heavy atom. The Morgan fingerprint density at radius 2 is 1.70 bits per heavy atom. The van der Waals surface area contributed by atoms with Crippen molar-refractivity contribution in [2.24, 2.45) is 0 Å².